The molecule has 0 N–H and O–H groups in total. The van der Waals surface area contributed by atoms with Crippen LogP contribution in [0.1, 0.15) is 0 Å². The molecular weight excluding hydrogens is 126 g/mol. The molecule has 46 valence electrons. The van der Waals surface area contributed by atoms with Gasteiger partial charge in [0.15, 0.2) is 0 Å². The van der Waals surface area contributed by atoms with Crippen molar-refractivity contribution in [2.24, 2.45) is 5.92 Å². The van der Waals surface area contributed by atoms with Gasteiger partial charge in [0.2, 0.25) is 10.0 Å². The van der Waals surface area contributed by atoms with E-state index in [9.17, 15) is 8.42 Å². The molecule has 0 amide bonds. The second-order valence-electron chi connectivity index (χ2n) is 2.46. The van der Waals surface area contributed by atoms with Crippen LogP contribution in [0.5, 0.6) is 0 Å². The van der Waals surface area contributed by atoms with Gasteiger partial charge in [0.05, 0.1) is 5.75 Å². The Morgan fingerprint density at radius 3 is 2.12 bits per heavy atom. The van der Waals surface area contributed by atoms with E-state index < -0.39 is 10.0 Å². The second-order valence-corrected chi connectivity index (χ2v) is 4.48. The molecule has 3 nitrogen and oxygen atoms in total. The first-order valence-electron chi connectivity index (χ1n) is 2.66. The quantitative estimate of drug-likeness (QED) is 0.436. The van der Waals surface area contributed by atoms with Crippen LogP contribution in [-0.4, -0.2) is 31.6 Å². The highest BCUT2D eigenvalue weighted by Crippen LogP contribution is 2.30. The molecule has 3 aliphatic heterocycles. The predicted octanol–water partition coefficient (Wildman–Crippen LogP) is -0.738. The van der Waals surface area contributed by atoms with Gasteiger partial charge in [-0.2, -0.15) is 0 Å². The summed E-state index contributed by atoms with van der Waals surface area (Å²) in [5.41, 5.74) is 0. The van der Waals surface area contributed by atoms with Crippen LogP contribution in [0.15, 0.2) is 0 Å². The minimum atomic E-state index is -2.72. The fraction of sp³-hybridized carbons (Fsp3) is 1.00. The van der Waals surface area contributed by atoms with E-state index in [4.69, 9.17) is 0 Å². The van der Waals surface area contributed by atoms with Gasteiger partial charge >= 0.3 is 0 Å². The van der Waals surface area contributed by atoms with Crippen LogP contribution in [0.25, 0.3) is 0 Å². The number of rotatable bonds is 0. The summed E-state index contributed by atoms with van der Waals surface area (Å²) in [7, 11) is -2.72. The molecular formula is C4H7NO2S. The summed E-state index contributed by atoms with van der Waals surface area (Å²) in [5, 5.41) is 0. The van der Waals surface area contributed by atoms with E-state index in [1.165, 1.54) is 4.31 Å². The summed E-state index contributed by atoms with van der Waals surface area (Å²) in [6, 6.07) is 0. The molecule has 8 heavy (non-hydrogen) atoms. The van der Waals surface area contributed by atoms with Crippen LogP contribution in [0.2, 0.25) is 0 Å². The SMILES string of the molecule is O=S1(=O)CC2CN1C2. The first-order valence-corrected chi connectivity index (χ1v) is 4.27. The monoisotopic (exact) mass is 133 g/mol. The highest BCUT2D eigenvalue weighted by Gasteiger charge is 2.46. The topological polar surface area (TPSA) is 37.4 Å². The number of nitrogens with zero attached hydrogens (tertiary/aromatic N) is 1. The molecule has 2 bridgehead atoms. The normalized spacial score (nSPS) is 48.5. The molecule has 0 spiro atoms. The smallest absolute Gasteiger partial charge is 0.212 e. The Morgan fingerprint density at radius 2 is 2.00 bits per heavy atom. The number of sulfonamides is 1. The lowest BCUT2D eigenvalue weighted by atomic mass is 10.1. The van der Waals surface area contributed by atoms with Crippen molar-refractivity contribution < 1.29 is 8.42 Å². The maximum absolute atomic E-state index is 10.7. The molecule has 0 aromatic heterocycles. The molecule has 0 radical (unpaired) electrons. The third-order valence-electron chi connectivity index (χ3n) is 1.76. The van der Waals surface area contributed by atoms with Gasteiger partial charge in [-0.1, -0.05) is 0 Å². The zero-order valence-electron chi connectivity index (χ0n) is 4.37. The van der Waals surface area contributed by atoms with E-state index >= 15 is 0 Å². The van der Waals surface area contributed by atoms with Crippen LogP contribution in [0.4, 0.5) is 0 Å². The van der Waals surface area contributed by atoms with E-state index in [1.54, 1.807) is 0 Å². The van der Waals surface area contributed by atoms with E-state index in [2.05, 4.69) is 0 Å². The maximum Gasteiger partial charge on any atom is 0.214 e. The highest BCUT2D eigenvalue weighted by molar-refractivity contribution is 7.89. The molecule has 0 aromatic rings. The lowest BCUT2D eigenvalue weighted by molar-refractivity contribution is 0.267. The standard InChI is InChI=1S/C4H7NO2S/c6-8(7)3-4-1-5(8)2-4/h4H,1-3H2. The van der Waals surface area contributed by atoms with E-state index in [0.29, 0.717) is 11.7 Å². The summed E-state index contributed by atoms with van der Waals surface area (Å²) in [4.78, 5) is 0. The Labute approximate surface area is 48.3 Å². The Kier molecular flexibility index (Phi) is 0.646. The summed E-state index contributed by atoms with van der Waals surface area (Å²) in [6.07, 6.45) is 0. The molecule has 3 heterocycles. The molecule has 3 saturated heterocycles. The van der Waals surface area contributed by atoms with Crippen molar-refractivity contribution in [3.63, 3.8) is 0 Å². The van der Waals surface area contributed by atoms with Gasteiger partial charge < -0.3 is 0 Å². The lowest BCUT2D eigenvalue weighted by Gasteiger charge is -2.22. The molecule has 3 rings (SSSR count). The summed E-state index contributed by atoms with van der Waals surface area (Å²) >= 11 is 0. The Bertz CT molecular complexity index is 202. The molecule has 0 aromatic carbocycles. The van der Waals surface area contributed by atoms with Crippen LogP contribution in [0.3, 0.4) is 0 Å². The van der Waals surface area contributed by atoms with Gasteiger partial charge in [0.25, 0.3) is 0 Å². The van der Waals surface area contributed by atoms with Gasteiger partial charge in [-0.3, -0.25) is 0 Å². The minimum Gasteiger partial charge on any atom is -0.212 e. The Hall–Kier alpha value is -0.0900. The average molecular weight is 133 g/mol. The first kappa shape index (κ1) is 4.76. The molecule has 0 saturated carbocycles. The first-order chi connectivity index (χ1) is 3.68. The summed E-state index contributed by atoms with van der Waals surface area (Å²) < 4.78 is 23.0. The highest BCUT2D eigenvalue weighted by atomic mass is 32.2. The fourth-order valence-corrected chi connectivity index (χ4v) is 3.15. The third kappa shape index (κ3) is 0.398. The van der Waals surface area contributed by atoms with Crippen molar-refractivity contribution in [3.05, 3.63) is 0 Å². The third-order valence-corrected chi connectivity index (χ3v) is 3.74. The Morgan fingerprint density at radius 1 is 1.38 bits per heavy atom. The van der Waals surface area contributed by atoms with Gasteiger partial charge in [-0.25, -0.2) is 12.7 Å². The predicted molar refractivity (Wildman–Crippen MR) is 28.8 cm³/mol. The van der Waals surface area contributed by atoms with Crippen molar-refractivity contribution in [2.75, 3.05) is 18.8 Å². The zero-order valence-corrected chi connectivity index (χ0v) is 5.19. The van der Waals surface area contributed by atoms with Gasteiger partial charge in [-0.15, -0.1) is 0 Å². The van der Waals surface area contributed by atoms with Crippen LogP contribution in [-0.2, 0) is 10.0 Å². The average Bonchev–Trinajstić information content (AvgIpc) is 1.82. The maximum atomic E-state index is 10.7. The minimum absolute atomic E-state index is 0.410. The fourth-order valence-electron chi connectivity index (χ4n) is 1.26. The molecule has 0 atom stereocenters. The van der Waals surface area contributed by atoms with Crippen LogP contribution in [0, 0.1) is 5.92 Å². The van der Waals surface area contributed by atoms with Crippen molar-refractivity contribution in [2.45, 2.75) is 0 Å². The number of hydrogen-bond acceptors (Lipinski definition) is 2. The largest absolute Gasteiger partial charge is 0.214 e. The molecule has 0 unspecified atom stereocenters. The van der Waals surface area contributed by atoms with E-state index in [1.807, 2.05) is 0 Å². The van der Waals surface area contributed by atoms with Gasteiger partial charge in [-0.05, 0) is 0 Å². The number of hydrogen-bond donors (Lipinski definition) is 0. The van der Waals surface area contributed by atoms with Gasteiger partial charge in [0.1, 0.15) is 0 Å². The van der Waals surface area contributed by atoms with Crippen LogP contribution >= 0.6 is 0 Å². The van der Waals surface area contributed by atoms with Crippen molar-refractivity contribution >= 4 is 10.0 Å². The van der Waals surface area contributed by atoms with Crippen molar-refractivity contribution in [3.8, 4) is 0 Å². The second kappa shape index (κ2) is 1.09. The molecule has 3 fully saturated rings. The zero-order chi connectivity index (χ0) is 5.78. The lowest BCUT2D eigenvalue weighted by Crippen LogP contribution is -2.37. The summed E-state index contributed by atoms with van der Waals surface area (Å²) in [6.45, 7) is 1.59. The van der Waals surface area contributed by atoms with Crippen LogP contribution < -0.4 is 0 Å². The molecule has 0 aliphatic carbocycles. The van der Waals surface area contributed by atoms with Gasteiger partial charge in [0, 0.05) is 19.0 Å². The van der Waals surface area contributed by atoms with Crippen molar-refractivity contribution in [1.82, 2.24) is 4.31 Å². The number of fused-ring (bicyclic) bond motifs is 1. The van der Waals surface area contributed by atoms with E-state index in [0.717, 1.165) is 13.1 Å². The molecule has 4 heteroatoms. The van der Waals surface area contributed by atoms with E-state index in [-0.39, 0.29) is 0 Å². The Balaban J connectivity index is 2.46. The van der Waals surface area contributed by atoms with Crippen molar-refractivity contribution in [1.29, 1.82) is 0 Å². The molecule has 3 aliphatic rings. The summed E-state index contributed by atoms with van der Waals surface area (Å²) in [5.74, 6) is 0.882.